The standard InChI is InChI=1S/C18H23FN4O/c1-10-17-14(7-15(19)18(10)22-5-4-12(21)9-22)11(8-20)6-16(24)23(17)13-2-3-13/h6-7,12-13H,2-5,8-9,20-21H2,1H3/t12-/m0/s1. The Bertz CT molecular complexity index is 872. The van der Waals surface area contributed by atoms with Crippen molar-refractivity contribution >= 4 is 16.6 Å². The lowest BCUT2D eigenvalue weighted by molar-refractivity contribution is 0.621. The van der Waals surface area contributed by atoms with Gasteiger partial charge in [0.2, 0.25) is 0 Å². The maximum atomic E-state index is 14.9. The van der Waals surface area contributed by atoms with E-state index in [1.165, 1.54) is 0 Å². The molecule has 1 saturated heterocycles. The lowest BCUT2D eigenvalue weighted by Crippen LogP contribution is -2.28. The van der Waals surface area contributed by atoms with Crippen molar-refractivity contribution in [3.63, 3.8) is 0 Å². The number of rotatable bonds is 3. The van der Waals surface area contributed by atoms with Gasteiger partial charge in [0.05, 0.1) is 11.2 Å². The number of fused-ring (bicyclic) bond motifs is 1. The van der Waals surface area contributed by atoms with Crippen LogP contribution >= 0.6 is 0 Å². The number of aromatic nitrogens is 1. The summed E-state index contributed by atoms with van der Waals surface area (Å²) in [5.41, 5.74) is 14.7. The van der Waals surface area contributed by atoms with Crippen LogP contribution in [0.25, 0.3) is 10.9 Å². The molecule has 5 nitrogen and oxygen atoms in total. The van der Waals surface area contributed by atoms with Crippen LogP contribution in [-0.2, 0) is 6.54 Å². The summed E-state index contributed by atoms with van der Waals surface area (Å²) in [5, 5.41) is 0.756. The van der Waals surface area contributed by atoms with E-state index >= 15 is 0 Å². The van der Waals surface area contributed by atoms with Gasteiger partial charge in [-0.1, -0.05) is 0 Å². The molecule has 0 bridgehead atoms. The monoisotopic (exact) mass is 330 g/mol. The van der Waals surface area contributed by atoms with Crippen LogP contribution in [0.4, 0.5) is 10.1 Å². The van der Waals surface area contributed by atoms with Gasteiger partial charge in [0, 0.05) is 43.2 Å². The van der Waals surface area contributed by atoms with Crippen LogP contribution in [0.2, 0.25) is 0 Å². The first kappa shape index (κ1) is 15.6. The number of nitrogens with zero attached hydrogens (tertiary/aromatic N) is 2. The third-order valence-electron chi connectivity index (χ3n) is 5.26. The fraction of sp³-hybridized carbons (Fsp3) is 0.500. The van der Waals surface area contributed by atoms with Gasteiger partial charge in [0.25, 0.3) is 5.56 Å². The Hall–Kier alpha value is -1.92. The van der Waals surface area contributed by atoms with Gasteiger partial charge in [0.1, 0.15) is 5.82 Å². The minimum absolute atomic E-state index is 0.0377. The fourth-order valence-electron chi connectivity index (χ4n) is 3.96. The number of hydrogen-bond acceptors (Lipinski definition) is 4. The van der Waals surface area contributed by atoms with Gasteiger partial charge in [-0.25, -0.2) is 4.39 Å². The summed E-state index contributed by atoms with van der Waals surface area (Å²) in [5.74, 6) is -0.259. The highest BCUT2D eigenvalue weighted by Gasteiger charge is 2.30. The average molecular weight is 330 g/mol. The summed E-state index contributed by atoms with van der Waals surface area (Å²) >= 11 is 0. The molecule has 24 heavy (non-hydrogen) atoms. The van der Waals surface area contributed by atoms with Gasteiger partial charge < -0.3 is 20.9 Å². The lowest BCUT2D eigenvalue weighted by atomic mass is 10.0. The molecular weight excluding hydrogens is 307 g/mol. The third-order valence-corrected chi connectivity index (χ3v) is 5.26. The smallest absolute Gasteiger partial charge is 0.251 e. The molecule has 128 valence electrons. The van der Waals surface area contributed by atoms with Crippen LogP contribution in [0.15, 0.2) is 16.9 Å². The maximum Gasteiger partial charge on any atom is 0.251 e. The van der Waals surface area contributed by atoms with Crippen molar-refractivity contribution in [2.45, 2.75) is 44.8 Å². The van der Waals surface area contributed by atoms with Crippen molar-refractivity contribution in [3.05, 3.63) is 39.4 Å². The lowest BCUT2D eigenvalue weighted by Gasteiger charge is -2.24. The van der Waals surface area contributed by atoms with Crippen LogP contribution in [-0.4, -0.2) is 23.7 Å². The molecule has 0 radical (unpaired) electrons. The van der Waals surface area contributed by atoms with Crippen LogP contribution in [0.5, 0.6) is 0 Å². The Morgan fingerprint density at radius 2 is 2.04 bits per heavy atom. The largest absolute Gasteiger partial charge is 0.367 e. The highest BCUT2D eigenvalue weighted by atomic mass is 19.1. The van der Waals surface area contributed by atoms with Crippen LogP contribution in [0.1, 0.15) is 36.4 Å². The van der Waals surface area contributed by atoms with E-state index in [4.69, 9.17) is 11.5 Å². The molecule has 1 aromatic heterocycles. The van der Waals surface area contributed by atoms with Gasteiger partial charge in [-0.3, -0.25) is 4.79 Å². The predicted molar refractivity (Wildman–Crippen MR) is 93.9 cm³/mol. The normalized spacial score (nSPS) is 21.0. The topological polar surface area (TPSA) is 77.3 Å². The third kappa shape index (κ3) is 2.32. The molecule has 0 amide bonds. The average Bonchev–Trinajstić information content (AvgIpc) is 3.29. The summed E-state index contributed by atoms with van der Waals surface area (Å²) < 4.78 is 16.8. The van der Waals surface area contributed by atoms with E-state index in [0.29, 0.717) is 17.8 Å². The minimum Gasteiger partial charge on any atom is -0.367 e. The molecule has 2 fully saturated rings. The maximum absolute atomic E-state index is 14.9. The number of halogens is 1. The molecule has 0 unspecified atom stereocenters. The second-order valence-corrected chi connectivity index (χ2v) is 7.04. The van der Waals surface area contributed by atoms with Gasteiger partial charge in [0.15, 0.2) is 0 Å². The summed E-state index contributed by atoms with van der Waals surface area (Å²) in [6.45, 7) is 3.52. The molecule has 1 atom stereocenters. The quantitative estimate of drug-likeness (QED) is 0.899. The zero-order valence-corrected chi connectivity index (χ0v) is 13.9. The van der Waals surface area contributed by atoms with E-state index in [-0.39, 0.29) is 30.0 Å². The second-order valence-electron chi connectivity index (χ2n) is 7.04. The molecule has 4 N–H and O–H groups in total. The Morgan fingerprint density at radius 1 is 1.29 bits per heavy atom. The van der Waals surface area contributed by atoms with Gasteiger partial charge >= 0.3 is 0 Å². The van der Waals surface area contributed by atoms with Gasteiger partial charge in [-0.2, -0.15) is 0 Å². The molecular formula is C18H23FN4O. The SMILES string of the molecule is Cc1c(N2CC[C@H](N)C2)c(F)cc2c(CN)cc(=O)n(C3CC3)c12. The van der Waals surface area contributed by atoms with Crippen molar-refractivity contribution in [2.75, 3.05) is 18.0 Å². The molecule has 2 aliphatic rings. The Labute approximate surface area is 140 Å². The summed E-state index contributed by atoms with van der Waals surface area (Å²) in [6, 6.07) is 3.40. The van der Waals surface area contributed by atoms with E-state index in [2.05, 4.69) is 0 Å². The zero-order valence-electron chi connectivity index (χ0n) is 13.9. The second kappa shape index (κ2) is 5.57. The Balaban J connectivity index is 2.03. The zero-order chi connectivity index (χ0) is 17.0. The predicted octanol–water partition coefficient (Wildman–Crippen LogP) is 1.78. The van der Waals surface area contributed by atoms with Crippen LogP contribution < -0.4 is 21.9 Å². The Kier molecular flexibility index (Phi) is 3.62. The van der Waals surface area contributed by atoms with Crippen LogP contribution in [0.3, 0.4) is 0 Å². The minimum atomic E-state index is -0.259. The molecule has 1 aromatic carbocycles. The fourth-order valence-corrected chi connectivity index (χ4v) is 3.96. The Morgan fingerprint density at radius 3 is 2.62 bits per heavy atom. The highest BCUT2D eigenvalue weighted by molar-refractivity contribution is 5.90. The molecule has 1 aliphatic heterocycles. The molecule has 4 rings (SSSR count). The number of pyridine rings is 1. The first-order valence-corrected chi connectivity index (χ1v) is 8.59. The number of aryl methyl sites for hydroxylation is 1. The van der Waals surface area contributed by atoms with Gasteiger partial charge in [-0.05, 0) is 43.4 Å². The van der Waals surface area contributed by atoms with E-state index in [9.17, 15) is 9.18 Å². The summed E-state index contributed by atoms with van der Waals surface area (Å²) in [6.07, 6.45) is 2.85. The van der Waals surface area contributed by atoms with E-state index in [1.54, 1.807) is 12.1 Å². The molecule has 1 aliphatic carbocycles. The van der Waals surface area contributed by atoms with Crippen molar-refractivity contribution in [3.8, 4) is 0 Å². The number of anilines is 1. The van der Waals surface area contributed by atoms with Crippen molar-refractivity contribution in [1.29, 1.82) is 0 Å². The van der Waals surface area contributed by atoms with Crippen molar-refractivity contribution in [2.24, 2.45) is 11.5 Å². The number of benzene rings is 1. The molecule has 1 saturated carbocycles. The summed E-state index contributed by atoms with van der Waals surface area (Å²) in [4.78, 5) is 14.6. The number of hydrogen-bond donors (Lipinski definition) is 2. The van der Waals surface area contributed by atoms with E-state index in [1.807, 2.05) is 16.4 Å². The first-order chi connectivity index (χ1) is 11.5. The molecule has 2 aromatic rings. The van der Waals surface area contributed by atoms with Crippen molar-refractivity contribution in [1.82, 2.24) is 4.57 Å². The van der Waals surface area contributed by atoms with Gasteiger partial charge in [-0.15, -0.1) is 0 Å². The summed E-state index contributed by atoms with van der Waals surface area (Å²) in [7, 11) is 0. The molecule has 6 heteroatoms. The van der Waals surface area contributed by atoms with Crippen LogP contribution in [0, 0.1) is 12.7 Å². The van der Waals surface area contributed by atoms with E-state index in [0.717, 1.165) is 42.3 Å². The first-order valence-electron chi connectivity index (χ1n) is 8.59. The number of nitrogens with two attached hydrogens (primary N) is 2. The highest BCUT2D eigenvalue weighted by Crippen LogP contribution is 2.40. The molecule has 0 spiro atoms. The molecule has 2 heterocycles. The van der Waals surface area contributed by atoms with Crippen molar-refractivity contribution < 1.29 is 4.39 Å². The van der Waals surface area contributed by atoms with E-state index < -0.39 is 0 Å².